The van der Waals surface area contributed by atoms with E-state index >= 15 is 0 Å². The molecule has 2 aliphatic rings. The lowest BCUT2D eigenvalue weighted by atomic mass is 9.95. The Morgan fingerprint density at radius 1 is 1.32 bits per heavy atom. The number of benzene rings is 1. The van der Waals surface area contributed by atoms with Gasteiger partial charge < -0.3 is 5.32 Å². The fourth-order valence-corrected chi connectivity index (χ4v) is 5.19. The maximum Gasteiger partial charge on any atom is 0.243 e. The zero-order valence-electron chi connectivity index (χ0n) is 11.3. The average molecular weight is 280 g/mol. The Labute approximate surface area is 114 Å². The van der Waals surface area contributed by atoms with E-state index in [1.807, 2.05) is 26.0 Å². The molecular formula is C14H20N2O2S. The first-order chi connectivity index (χ1) is 9.00. The lowest BCUT2D eigenvalue weighted by Crippen LogP contribution is -2.38. The highest BCUT2D eigenvalue weighted by atomic mass is 32.2. The third kappa shape index (κ3) is 2.10. The van der Waals surface area contributed by atoms with Crippen molar-refractivity contribution in [2.75, 3.05) is 19.6 Å². The van der Waals surface area contributed by atoms with E-state index in [-0.39, 0.29) is 6.04 Å². The summed E-state index contributed by atoms with van der Waals surface area (Å²) in [5.41, 5.74) is 0.981. The monoisotopic (exact) mass is 280 g/mol. The van der Waals surface area contributed by atoms with E-state index in [1.54, 1.807) is 16.4 Å². The van der Waals surface area contributed by atoms with Crippen LogP contribution in [0.2, 0.25) is 0 Å². The van der Waals surface area contributed by atoms with Crippen LogP contribution < -0.4 is 5.32 Å². The van der Waals surface area contributed by atoms with Crippen molar-refractivity contribution in [3.8, 4) is 0 Å². The van der Waals surface area contributed by atoms with Crippen molar-refractivity contribution in [1.29, 1.82) is 0 Å². The van der Waals surface area contributed by atoms with E-state index < -0.39 is 10.0 Å². The van der Waals surface area contributed by atoms with Gasteiger partial charge in [-0.15, -0.1) is 0 Å². The third-order valence-corrected chi connectivity index (χ3v) is 6.43. The van der Waals surface area contributed by atoms with Gasteiger partial charge in [0.15, 0.2) is 0 Å². The summed E-state index contributed by atoms with van der Waals surface area (Å²) in [5.74, 6) is 0.925. The molecule has 19 heavy (non-hydrogen) atoms. The molecule has 0 aliphatic carbocycles. The van der Waals surface area contributed by atoms with Crippen LogP contribution in [0.3, 0.4) is 0 Å². The predicted octanol–water partition coefficient (Wildman–Crippen LogP) is 1.22. The van der Waals surface area contributed by atoms with Gasteiger partial charge in [0.25, 0.3) is 0 Å². The average Bonchev–Trinajstić information content (AvgIpc) is 2.93. The fraction of sp³-hybridized carbons (Fsp3) is 0.571. The molecule has 1 aromatic carbocycles. The predicted molar refractivity (Wildman–Crippen MR) is 74.4 cm³/mol. The van der Waals surface area contributed by atoms with Crippen LogP contribution >= 0.6 is 0 Å². The van der Waals surface area contributed by atoms with E-state index in [4.69, 9.17) is 0 Å². The largest absolute Gasteiger partial charge is 0.316 e. The number of hydrogen-bond acceptors (Lipinski definition) is 3. The number of nitrogens with zero attached hydrogens (tertiary/aromatic N) is 1. The Morgan fingerprint density at radius 2 is 2.11 bits per heavy atom. The first kappa shape index (κ1) is 13.1. The van der Waals surface area contributed by atoms with Gasteiger partial charge in [0.05, 0.1) is 4.90 Å². The minimum atomic E-state index is -3.35. The van der Waals surface area contributed by atoms with Crippen LogP contribution in [0.4, 0.5) is 0 Å². The van der Waals surface area contributed by atoms with E-state index in [0.29, 0.717) is 23.3 Å². The quantitative estimate of drug-likeness (QED) is 0.886. The minimum Gasteiger partial charge on any atom is -0.316 e. The maximum absolute atomic E-state index is 12.7. The third-order valence-electron chi connectivity index (χ3n) is 4.48. The molecule has 0 saturated carbocycles. The molecule has 0 amide bonds. The summed E-state index contributed by atoms with van der Waals surface area (Å²) >= 11 is 0. The molecule has 0 spiro atoms. The normalized spacial score (nSPS) is 31.6. The minimum absolute atomic E-state index is 0.0884. The molecule has 2 saturated heterocycles. The molecule has 0 radical (unpaired) electrons. The zero-order valence-corrected chi connectivity index (χ0v) is 12.2. The fourth-order valence-electron chi connectivity index (χ4n) is 3.36. The van der Waals surface area contributed by atoms with Crippen LogP contribution in [0.25, 0.3) is 0 Å². The van der Waals surface area contributed by atoms with Crippen molar-refractivity contribution in [3.63, 3.8) is 0 Å². The molecule has 2 heterocycles. The first-order valence-electron chi connectivity index (χ1n) is 6.79. The SMILES string of the molecule is Cc1cccc(S(=O)(=O)N2CC3CNCC3C2C)c1. The van der Waals surface area contributed by atoms with Gasteiger partial charge in [-0.05, 0) is 56.5 Å². The van der Waals surface area contributed by atoms with Gasteiger partial charge >= 0.3 is 0 Å². The molecule has 5 heteroatoms. The van der Waals surface area contributed by atoms with Crippen molar-refractivity contribution in [2.45, 2.75) is 24.8 Å². The Balaban J connectivity index is 1.93. The van der Waals surface area contributed by atoms with Gasteiger partial charge in [0.2, 0.25) is 10.0 Å². The lowest BCUT2D eigenvalue weighted by Gasteiger charge is -2.24. The highest BCUT2D eigenvalue weighted by Gasteiger charge is 2.46. The van der Waals surface area contributed by atoms with Crippen molar-refractivity contribution in [2.24, 2.45) is 11.8 Å². The Kier molecular flexibility index (Phi) is 3.15. The van der Waals surface area contributed by atoms with Crippen LogP contribution in [-0.4, -0.2) is 38.4 Å². The molecule has 104 valence electrons. The summed E-state index contributed by atoms with van der Waals surface area (Å²) in [6, 6.07) is 7.28. The van der Waals surface area contributed by atoms with Gasteiger partial charge in [0.1, 0.15) is 0 Å². The zero-order chi connectivity index (χ0) is 13.6. The molecule has 3 unspecified atom stereocenters. The molecular weight excluding hydrogens is 260 g/mol. The summed E-state index contributed by atoms with van der Waals surface area (Å²) in [6.07, 6.45) is 0. The van der Waals surface area contributed by atoms with Crippen molar-refractivity contribution < 1.29 is 8.42 Å². The number of nitrogens with one attached hydrogen (secondary N) is 1. The molecule has 3 rings (SSSR count). The second kappa shape index (κ2) is 4.58. The van der Waals surface area contributed by atoms with Crippen molar-refractivity contribution in [3.05, 3.63) is 29.8 Å². The van der Waals surface area contributed by atoms with Crippen LogP contribution in [0.15, 0.2) is 29.2 Å². The second-order valence-corrected chi connectivity index (χ2v) is 7.60. The van der Waals surface area contributed by atoms with Gasteiger partial charge in [-0.25, -0.2) is 8.42 Å². The van der Waals surface area contributed by atoms with Gasteiger partial charge in [-0.3, -0.25) is 0 Å². The van der Waals surface area contributed by atoms with Gasteiger partial charge in [-0.2, -0.15) is 4.31 Å². The number of fused-ring (bicyclic) bond motifs is 1. The maximum atomic E-state index is 12.7. The van der Waals surface area contributed by atoms with Crippen LogP contribution in [0.1, 0.15) is 12.5 Å². The van der Waals surface area contributed by atoms with Gasteiger partial charge in [-0.1, -0.05) is 12.1 Å². The van der Waals surface area contributed by atoms with Crippen molar-refractivity contribution in [1.82, 2.24) is 9.62 Å². The standard InChI is InChI=1S/C14H20N2O2S/c1-10-4-3-5-13(6-10)19(17,18)16-9-12-7-15-8-14(12)11(16)2/h3-6,11-12,14-15H,7-9H2,1-2H3. The molecule has 0 bridgehead atoms. The summed E-state index contributed by atoms with van der Waals surface area (Å²) in [7, 11) is -3.35. The molecule has 2 fully saturated rings. The smallest absolute Gasteiger partial charge is 0.243 e. The first-order valence-corrected chi connectivity index (χ1v) is 8.23. The number of sulfonamides is 1. The van der Waals surface area contributed by atoms with Crippen LogP contribution in [-0.2, 0) is 10.0 Å². The Hall–Kier alpha value is -0.910. The van der Waals surface area contributed by atoms with Crippen molar-refractivity contribution >= 4 is 10.0 Å². The molecule has 3 atom stereocenters. The topological polar surface area (TPSA) is 49.4 Å². The summed E-state index contributed by atoms with van der Waals surface area (Å²) in [5, 5.41) is 3.35. The Morgan fingerprint density at radius 3 is 2.79 bits per heavy atom. The number of rotatable bonds is 2. The van der Waals surface area contributed by atoms with Crippen LogP contribution in [0.5, 0.6) is 0 Å². The lowest BCUT2D eigenvalue weighted by molar-refractivity contribution is 0.360. The second-order valence-electron chi connectivity index (χ2n) is 5.71. The molecule has 1 N–H and O–H groups in total. The summed E-state index contributed by atoms with van der Waals surface area (Å²) in [6.45, 7) is 6.48. The Bertz CT molecular complexity index is 585. The molecule has 4 nitrogen and oxygen atoms in total. The number of aryl methyl sites for hydroxylation is 1. The van der Waals surface area contributed by atoms with E-state index in [9.17, 15) is 8.42 Å². The van der Waals surface area contributed by atoms with E-state index in [1.165, 1.54) is 0 Å². The molecule has 2 aliphatic heterocycles. The van der Waals surface area contributed by atoms with Gasteiger partial charge in [0, 0.05) is 12.6 Å². The summed E-state index contributed by atoms with van der Waals surface area (Å²) < 4.78 is 27.2. The van der Waals surface area contributed by atoms with Crippen LogP contribution in [0, 0.1) is 18.8 Å². The highest BCUT2D eigenvalue weighted by molar-refractivity contribution is 7.89. The number of hydrogen-bond donors (Lipinski definition) is 1. The summed E-state index contributed by atoms with van der Waals surface area (Å²) in [4.78, 5) is 0.423. The highest BCUT2D eigenvalue weighted by Crippen LogP contribution is 2.36. The van der Waals surface area contributed by atoms with E-state index in [2.05, 4.69) is 5.32 Å². The molecule has 1 aromatic rings. The molecule has 0 aromatic heterocycles. The van der Waals surface area contributed by atoms with E-state index in [0.717, 1.165) is 18.7 Å².